The number of carbonyl (C=O) groups is 2. The maximum atomic E-state index is 12.9. The minimum Gasteiger partial charge on any atom is -0.326 e. The van der Waals surface area contributed by atoms with E-state index in [1.54, 1.807) is 0 Å². The molecule has 0 radical (unpaired) electrons. The predicted octanol–water partition coefficient (Wildman–Crippen LogP) is 3.35. The summed E-state index contributed by atoms with van der Waals surface area (Å²) in [5.74, 6) is -1.33. The Morgan fingerprint density at radius 1 is 0.957 bits per heavy atom. The largest absolute Gasteiger partial charge is 0.326 e. The maximum absolute atomic E-state index is 12.9. The van der Waals surface area contributed by atoms with E-state index in [-0.39, 0.29) is 30.6 Å². The lowest BCUT2D eigenvalue weighted by molar-refractivity contribution is -0.117. The van der Waals surface area contributed by atoms with E-state index in [1.165, 1.54) is 60.4 Å². The minimum absolute atomic E-state index is 0.0638. The summed E-state index contributed by atoms with van der Waals surface area (Å²) in [6, 6.07) is 10.9. The average molecular weight is 318 g/mol. The van der Waals surface area contributed by atoms with Gasteiger partial charge in [0.2, 0.25) is 11.8 Å². The van der Waals surface area contributed by atoms with Gasteiger partial charge in [-0.2, -0.15) is 0 Å². The van der Waals surface area contributed by atoms with E-state index < -0.39 is 5.82 Å². The van der Waals surface area contributed by atoms with Gasteiger partial charge in [0, 0.05) is 31.3 Å². The molecule has 4 nitrogen and oxygen atoms in total. The summed E-state index contributed by atoms with van der Waals surface area (Å²) < 4.78 is 25.7. The summed E-state index contributed by atoms with van der Waals surface area (Å²) in [4.78, 5) is 25.0. The van der Waals surface area contributed by atoms with Crippen molar-refractivity contribution in [3.63, 3.8) is 0 Å². The van der Waals surface area contributed by atoms with Gasteiger partial charge >= 0.3 is 0 Å². The highest BCUT2D eigenvalue weighted by Crippen LogP contribution is 2.16. The molecular formula is C17H16F2N2O2. The topological polar surface area (TPSA) is 49.4 Å². The number of nitrogens with one attached hydrogen (secondary N) is 1. The molecule has 6 heteroatoms. The number of halogens is 2. The summed E-state index contributed by atoms with van der Waals surface area (Å²) >= 11 is 0. The molecule has 2 amide bonds. The molecule has 0 aliphatic carbocycles. The molecule has 0 saturated carbocycles. The highest BCUT2D eigenvalue weighted by atomic mass is 19.1. The van der Waals surface area contributed by atoms with E-state index in [0.717, 1.165) is 0 Å². The van der Waals surface area contributed by atoms with Crippen molar-refractivity contribution in [1.29, 1.82) is 0 Å². The molecule has 23 heavy (non-hydrogen) atoms. The molecule has 0 atom stereocenters. The zero-order valence-corrected chi connectivity index (χ0v) is 12.6. The lowest BCUT2D eigenvalue weighted by atomic mass is 10.2. The first-order valence-electron chi connectivity index (χ1n) is 7.05. The van der Waals surface area contributed by atoms with Crippen LogP contribution >= 0.6 is 0 Å². The van der Waals surface area contributed by atoms with Crippen LogP contribution in [0.25, 0.3) is 0 Å². The van der Waals surface area contributed by atoms with E-state index in [9.17, 15) is 18.4 Å². The van der Waals surface area contributed by atoms with Crippen LogP contribution in [-0.2, 0) is 9.59 Å². The Labute approximate surface area is 132 Å². The zero-order chi connectivity index (χ0) is 16.8. The molecular weight excluding hydrogens is 302 g/mol. The summed E-state index contributed by atoms with van der Waals surface area (Å²) in [6.45, 7) is 1.54. The molecule has 2 aromatic rings. The molecule has 0 unspecified atom stereocenters. The van der Waals surface area contributed by atoms with Gasteiger partial charge < -0.3 is 10.2 Å². The van der Waals surface area contributed by atoms with Gasteiger partial charge in [0.1, 0.15) is 11.6 Å². The van der Waals surface area contributed by atoms with Gasteiger partial charge in [-0.1, -0.05) is 0 Å². The molecule has 2 rings (SSSR count). The molecule has 0 bridgehead atoms. The van der Waals surface area contributed by atoms with Gasteiger partial charge in [0.25, 0.3) is 0 Å². The van der Waals surface area contributed by atoms with Crippen molar-refractivity contribution < 1.29 is 18.4 Å². The van der Waals surface area contributed by atoms with Crippen LogP contribution in [0.2, 0.25) is 0 Å². The molecule has 0 fully saturated rings. The Bertz CT molecular complexity index is 685. The fourth-order valence-electron chi connectivity index (χ4n) is 2.06. The second-order valence-electron chi connectivity index (χ2n) is 4.95. The Morgan fingerprint density at radius 2 is 1.48 bits per heavy atom. The van der Waals surface area contributed by atoms with Gasteiger partial charge in [-0.05, 0) is 48.5 Å². The van der Waals surface area contributed by atoms with Gasteiger partial charge in [-0.15, -0.1) is 0 Å². The number of amides is 2. The lowest BCUT2D eigenvalue weighted by Gasteiger charge is -2.21. The van der Waals surface area contributed by atoms with Gasteiger partial charge in [0.15, 0.2) is 0 Å². The highest BCUT2D eigenvalue weighted by molar-refractivity contribution is 5.94. The average Bonchev–Trinajstić information content (AvgIpc) is 2.51. The van der Waals surface area contributed by atoms with Gasteiger partial charge in [0.05, 0.1) is 0 Å². The van der Waals surface area contributed by atoms with E-state index in [2.05, 4.69) is 5.32 Å². The molecule has 120 valence electrons. The molecule has 0 heterocycles. The third-order valence-corrected chi connectivity index (χ3v) is 3.21. The Kier molecular flexibility index (Phi) is 5.41. The van der Waals surface area contributed by atoms with Crippen LogP contribution in [-0.4, -0.2) is 18.4 Å². The molecule has 2 aromatic carbocycles. The smallest absolute Gasteiger partial charge is 0.226 e. The molecule has 1 N–H and O–H groups in total. The van der Waals surface area contributed by atoms with E-state index in [4.69, 9.17) is 0 Å². The number of hydrogen-bond acceptors (Lipinski definition) is 2. The quantitative estimate of drug-likeness (QED) is 0.919. The fourth-order valence-corrected chi connectivity index (χ4v) is 2.06. The summed E-state index contributed by atoms with van der Waals surface area (Å²) in [5, 5.41) is 2.62. The SMILES string of the molecule is CC(=O)N(CCC(=O)Nc1ccc(F)cc1)c1ccc(F)cc1. The second-order valence-corrected chi connectivity index (χ2v) is 4.95. The molecule has 0 aromatic heterocycles. The first-order chi connectivity index (χ1) is 11.0. The van der Waals surface area contributed by atoms with E-state index in [1.807, 2.05) is 0 Å². The van der Waals surface area contributed by atoms with Crippen LogP contribution in [0.15, 0.2) is 48.5 Å². The number of rotatable bonds is 5. The Morgan fingerprint density at radius 3 is 2.00 bits per heavy atom. The maximum Gasteiger partial charge on any atom is 0.226 e. The van der Waals surface area contributed by atoms with Crippen LogP contribution in [0.5, 0.6) is 0 Å². The van der Waals surface area contributed by atoms with Crippen molar-refractivity contribution in [3.05, 3.63) is 60.2 Å². The zero-order valence-electron chi connectivity index (χ0n) is 12.6. The second kappa shape index (κ2) is 7.49. The summed E-state index contributed by atoms with van der Waals surface area (Å²) in [7, 11) is 0. The lowest BCUT2D eigenvalue weighted by Crippen LogP contribution is -2.31. The molecule has 0 saturated heterocycles. The van der Waals surface area contributed by atoms with Crippen LogP contribution in [0.3, 0.4) is 0 Å². The number of benzene rings is 2. The van der Waals surface area contributed by atoms with Crippen molar-refractivity contribution in [1.82, 2.24) is 0 Å². The van der Waals surface area contributed by atoms with Crippen LogP contribution in [0.1, 0.15) is 13.3 Å². The van der Waals surface area contributed by atoms with Crippen molar-refractivity contribution in [2.45, 2.75) is 13.3 Å². The van der Waals surface area contributed by atoms with Crippen LogP contribution in [0, 0.1) is 11.6 Å². The molecule has 0 aliphatic rings. The standard InChI is InChI=1S/C17H16F2N2O2/c1-12(22)21(16-8-4-14(19)5-9-16)11-10-17(23)20-15-6-2-13(18)3-7-15/h2-9H,10-11H2,1H3,(H,20,23). The monoisotopic (exact) mass is 318 g/mol. The third kappa shape index (κ3) is 4.88. The number of hydrogen-bond donors (Lipinski definition) is 1. The third-order valence-electron chi connectivity index (χ3n) is 3.21. The van der Waals surface area contributed by atoms with Crippen molar-refractivity contribution in [3.8, 4) is 0 Å². The van der Waals surface area contributed by atoms with Crippen molar-refractivity contribution in [2.24, 2.45) is 0 Å². The van der Waals surface area contributed by atoms with Crippen molar-refractivity contribution in [2.75, 3.05) is 16.8 Å². The normalized spacial score (nSPS) is 10.2. The summed E-state index contributed by atoms with van der Waals surface area (Å²) in [5.41, 5.74) is 1.00. The molecule has 0 spiro atoms. The van der Waals surface area contributed by atoms with Crippen LogP contribution < -0.4 is 10.2 Å². The minimum atomic E-state index is -0.397. The number of anilines is 2. The fraction of sp³-hybridized carbons (Fsp3) is 0.176. The first kappa shape index (κ1) is 16.6. The highest BCUT2D eigenvalue weighted by Gasteiger charge is 2.13. The van der Waals surface area contributed by atoms with Crippen molar-refractivity contribution >= 4 is 23.2 Å². The molecule has 0 aliphatic heterocycles. The summed E-state index contributed by atoms with van der Waals surface area (Å²) in [6.07, 6.45) is 0.0638. The number of nitrogens with zero attached hydrogens (tertiary/aromatic N) is 1. The predicted molar refractivity (Wildman–Crippen MR) is 84.1 cm³/mol. The van der Waals surface area contributed by atoms with Crippen LogP contribution in [0.4, 0.5) is 20.2 Å². The van der Waals surface area contributed by atoms with E-state index >= 15 is 0 Å². The van der Waals surface area contributed by atoms with Gasteiger partial charge in [-0.25, -0.2) is 8.78 Å². The number of carbonyl (C=O) groups excluding carboxylic acids is 2. The Hall–Kier alpha value is -2.76. The van der Waals surface area contributed by atoms with Gasteiger partial charge in [-0.3, -0.25) is 9.59 Å². The van der Waals surface area contributed by atoms with E-state index in [0.29, 0.717) is 11.4 Å². The first-order valence-corrected chi connectivity index (χ1v) is 7.05. The Balaban J connectivity index is 1.95.